The number of aromatic nitrogens is 6. The molecule has 0 bridgehead atoms. The lowest BCUT2D eigenvalue weighted by atomic mass is 10.1. The Kier molecular flexibility index (Phi) is 8.89. The van der Waals surface area contributed by atoms with Crippen LogP contribution >= 0.6 is 0 Å². The molecular formula is C32H34N10O3. The van der Waals surface area contributed by atoms with Gasteiger partial charge in [0.25, 0.3) is 0 Å². The zero-order valence-electron chi connectivity index (χ0n) is 25.8. The summed E-state index contributed by atoms with van der Waals surface area (Å²) in [6.45, 7) is 9.46. The topological polar surface area (TPSA) is 189 Å². The van der Waals surface area contributed by atoms with Gasteiger partial charge in [-0.15, -0.1) is 0 Å². The van der Waals surface area contributed by atoms with Gasteiger partial charge in [0.05, 0.1) is 41.0 Å². The average Bonchev–Trinajstić information content (AvgIpc) is 3.53. The van der Waals surface area contributed by atoms with Crippen molar-refractivity contribution in [3.8, 4) is 28.3 Å². The highest BCUT2D eigenvalue weighted by atomic mass is 16.5. The minimum absolute atomic E-state index is 0.367. The number of nitrogens with zero attached hydrogens (tertiary/aromatic N) is 6. The van der Waals surface area contributed by atoms with Crippen LogP contribution in [-0.2, 0) is 0 Å². The van der Waals surface area contributed by atoms with Gasteiger partial charge in [0, 0.05) is 23.5 Å². The largest absolute Gasteiger partial charge is 0.497 e. The SMILES string of the molecule is COc1ccc(Nc2nc(N)cc(-c3c(C)noc3C)n2)cc1.Cc1ccc(Nc2nc(N)cc(-c3c(C)noc3C)n2)cc1. The van der Waals surface area contributed by atoms with Gasteiger partial charge in [-0.3, -0.25) is 0 Å². The Hall–Kier alpha value is -5.98. The lowest BCUT2D eigenvalue weighted by Gasteiger charge is -2.08. The maximum atomic E-state index is 5.90. The molecular weight excluding hydrogens is 572 g/mol. The second-order valence-corrected chi connectivity index (χ2v) is 10.2. The highest BCUT2D eigenvalue weighted by Gasteiger charge is 2.16. The predicted octanol–water partition coefficient (Wildman–Crippen LogP) is 6.47. The molecule has 6 N–H and O–H groups in total. The first kappa shape index (κ1) is 30.5. The van der Waals surface area contributed by atoms with E-state index in [2.05, 4.69) is 40.9 Å². The molecule has 0 fully saturated rings. The number of hydrogen-bond donors (Lipinski definition) is 4. The summed E-state index contributed by atoms with van der Waals surface area (Å²) in [6.07, 6.45) is 0. The maximum Gasteiger partial charge on any atom is 0.229 e. The Labute approximate surface area is 260 Å². The van der Waals surface area contributed by atoms with E-state index in [-0.39, 0.29) is 0 Å². The predicted molar refractivity (Wildman–Crippen MR) is 174 cm³/mol. The Balaban J connectivity index is 0.000000178. The van der Waals surface area contributed by atoms with Gasteiger partial charge in [0.2, 0.25) is 11.9 Å². The molecule has 45 heavy (non-hydrogen) atoms. The van der Waals surface area contributed by atoms with Crippen molar-refractivity contribution in [1.82, 2.24) is 30.2 Å². The molecule has 13 nitrogen and oxygen atoms in total. The molecule has 0 radical (unpaired) electrons. The van der Waals surface area contributed by atoms with E-state index in [1.54, 1.807) is 19.2 Å². The number of methoxy groups -OCH3 is 1. The summed E-state index contributed by atoms with van der Waals surface area (Å²) in [5.74, 6) is 3.78. The summed E-state index contributed by atoms with van der Waals surface area (Å²) < 4.78 is 15.5. The van der Waals surface area contributed by atoms with Gasteiger partial charge >= 0.3 is 0 Å². The fourth-order valence-electron chi connectivity index (χ4n) is 4.57. The lowest BCUT2D eigenvalue weighted by Crippen LogP contribution is -2.02. The van der Waals surface area contributed by atoms with Crippen LogP contribution in [0, 0.1) is 34.6 Å². The summed E-state index contributed by atoms with van der Waals surface area (Å²) in [6, 6.07) is 18.8. The Bertz CT molecular complexity index is 1880. The molecule has 13 heteroatoms. The number of rotatable bonds is 7. The van der Waals surface area contributed by atoms with Gasteiger partial charge in [-0.05, 0) is 71.0 Å². The average molecular weight is 607 g/mol. The van der Waals surface area contributed by atoms with E-state index in [1.807, 2.05) is 83.1 Å². The van der Waals surface area contributed by atoms with Gasteiger partial charge < -0.3 is 35.9 Å². The fraction of sp³-hybridized carbons (Fsp3) is 0.188. The number of ether oxygens (including phenoxy) is 1. The number of benzene rings is 2. The lowest BCUT2D eigenvalue weighted by molar-refractivity contribution is 0.393. The first-order valence-corrected chi connectivity index (χ1v) is 14.0. The molecule has 4 heterocycles. The summed E-state index contributed by atoms with van der Waals surface area (Å²) >= 11 is 0. The van der Waals surface area contributed by atoms with Crippen LogP contribution in [0.25, 0.3) is 22.5 Å². The molecule has 2 aromatic carbocycles. The van der Waals surface area contributed by atoms with Crippen molar-refractivity contribution in [3.63, 3.8) is 0 Å². The van der Waals surface area contributed by atoms with Crippen molar-refractivity contribution in [1.29, 1.82) is 0 Å². The minimum Gasteiger partial charge on any atom is -0.497 e. The molecule has 0 atom stereocenters. The fourth-order valence-corrected chi connectivity index (χ4v) is 4.57. The summed E-state index contributed by atoms with van der Waals surface area (Å²) in [4.78, 5) is 17.5. The van der Waals surface area contributed by atoms with Crippen molar-refractivity contribution in [2.24, 2.45) is 0 Å². The Morgan fingerprint density at radius 2 is 1.02 bits per heavy atom. The van der Waals surface area contributed by atoms with Crippen molar-refractivity contribution < 1.29 is 13.8 Å². The maximum absolute atomic E-state index is 5.90. The quantitative estimate of drug-likeness (QED) is 0.155. The van der Waals surface area contributed by atoms with Crippen LogP contribution in [0.4, 0.5) is 34.9 Å². The summed E-state index contributed by atoms with van der Waals surface area (Å²) in [5, 5.41) is 14.2. The van der Waals surface area contributed by atoms with Gasteiger partial charge in [-0.2, -0.15) is 9.97 Å². The van der Waals surface area contributed by atoms with Crippen LogP contribution in [0.5, 0.6) is 5.75 Å². The second kappa shape index (κ2) is 13.1. The number of hydrogen-bond acceptors (Lipinski definition) is 13. The summed E-state index contributed by atoms with van der Waals surface area (Å²) in [5.41, 5.74) is 19.3. The van der Waals surface area contributed by atoms with Crippen molar-refractivity contribution >= 4 is 34.9 Å². The molecule has 6 aromatic rings. The van der Waals surface area contributed by atoms with E-state index in [9.17, 15) is 0 Å². The molecule has 0 saturated heterocycles. The summed E-state index contributed by atoms with van der Waals surface area (Å²) in [7, 11) is 1.62. The molecule has 0 unspecified atom stereocenters. The molecule has 0 aliphatic rings. The van der Waals surface area contributed by atoms with E-state index in [4.69, 9.17) is 25.3 Å². The number of anilines is 6. The Morgan fingerprint density at radius 3 is 1.40 bits per heavy atom. The van der Waals surface area contributed by atoms with Gasteiger partial charge in [-0.25, -0.2) is 9.97 Å². The normalized spacial score (nSPS) is 10.6. The van der Waals surface area contributed by atoms with Crippen molar-refractivity contribution in [3.05, 3.63) is 89.1 Å². The van der Waals surface area contributed by atoms with Crippen LogP contribution < -0.4 is 26.8 Å². The van der Waals surface area contributed by atoms with Crippen LogP contribution in [-0.4, -0.2) is 37.4 Å². The molecule has 4 aromatic heterocycles. The van der Waals surface area contributed by atoms with Crippen molar-refractivity contribution in [2.75, 3.05) is 29.2 Å². The molecule has 0 spiro atoms. The number of aryl methyl sites for hydroxylation is 5. The number of nitrogen functional groups attached to an aromatic ring is 2. The first-order chi connectivity index (χ1) is 21.6. The zero-order valence-corrected chi connectivity index (χ0v) is 25.8. The zero-order chi connectivity index (χ0) is 32.1. The molecule has 230 valence electrons. The standard InChI is InChI=1S/C16H17N5O2.C16H17N5O/c1-9-15(10(2)23-21-9)13-8-14(17)20-16(19-13)18-11-4-6-12(22-3)7-5-11;1-9-4-6-12(7-5-9)18-16-19-13(8-14(17)20-16)15-10(2)21-22-11(15)3/h4-8H,1-3H3,(H3,17,18,19,20);4-8H,1-3H3,(H3,17,18,19,20). The second-order valence-electron chi connectivity index (χ2n) is 10.2. The smallest absolute Gasteiger partial charge is 0.229 e. The van der Waals surface area contributed by atoms with Crippen LogP contribution in [0.15, 0.2) is 69.7 Å². The van der Waals surface area contributed by atoms with E-state index in [0.29, 0.717) is 46.4 Å². The highest BCUT2D eigenvalue weighted by Crippen LogP contribution is 2.29. The van der Waals surface area contributed by atoms with Gasteiger partial charge in [0.1, 0.15) is 28.9 Å². The third-order valence-corrected chi connectivity index (χ3v) is 6.72. The monoisotopic (exact) mass is 606 g/mol. The van der Waals surface area contributed by atoms with E-state index < -0.39 is 0 Å². The third kappa shape index (κ3) is 7.33. The van der Waals surface area contributed by atoms with E-state index >= 15 is 0 Å². The molecule has 6 rings (SSSR count). The number of nitrogens with one attached hydrogen (secondary N) is 2. The molecule has 0 saturated carbocycles. The van der Waals surface area contributed by atoms with Crippen LogP contribution in [0.2, 0.25) is 0 Å². The highest BCUT2D eigenvalue weighted by molar-refractivity contribution is 5.69. The van der Waals surface area contributed by atoms with Crippen LogP contribution in [0.3, 0.4) is 0 Å². The van der Waals surface area contributed by atoms with Gasteiger partial charge in [0.15, 0.2) is 0 Å². The van der Waals surface area contributed by atoms with Crippen molar-refractivity contribution in [2.45, 2.75) is 34.6 Å². The first-order valence-electron chi connectivity index (χ1n) is 14.0. The number of nitrogens with two attached hydrogens (primary N) is 2. The van der Waals surface area contributed by atoms with Crippen LogP contribution in [0.1, 0.15) is 28.5 Å². The van der Waals surface area contributed by atoms with Gasteiger partial charge in [-0.1, -0.05) is 28.0 Å². The minimum atomic E-state index is 0.367. The molecule has 0 aliphatic heterocycles. The van der Waals surface area contributed by atoms with E-state index in [0.717, 1.165) is 39.6 Å². The van der Waals surface area contributed by atoms with E-state index in [1.165, 1.54) is 5.56 Å². The molecule has 0 aliphatic carbocycles. The molecule has 0 amide bonds. The third-order valence-electron chi connectivity index (χ3n) is 6.72. The Morgan fingerprint density at radius 1 is 0.600 bits per heavy atom.